The van der Waals surface area contributed by atoms with Crippen molar-refractivity contribution in [3.8, 4) is 0 Å². The Morgan fingerprint density at radius 1 is 1.38 bits per heavy atom. The van der Waals surface area contributed by atoms with E-state index in [-0.39, 0.29) is 7.43 Å². The minimum absolute atomic E-state index is 0. The van der Waals surface area contributed by atoms with Gasteiger partial charge in [-0.2, -0.15) is 0 Å². The lowest BCUT2D eigenvalue weighted by Crippen LogP contribution is -2.25. The van der Waals surface area contributed by atoms with Crippen molar-refractivity contribution in [3.05, 3.63) is 30.3 Å². The first-order valence-electron chi connectivity index (χ1n) is 3.74. The lowest BCUT2D eigenvalue weighted by atomic mass is 10.3. The van der Waals surface area contributed by atoms with Crippen molar-refractivity contribution in [2.24, 2.45) is 0 Å². The van der Waals surface area contributed by atoms with Crippen LogP contribution in [-0.2, 0) is 4.79 Å². The number of para-hydroxylation sites is 1. The third-order valence-electron chi connectivity index (χ3n) is 1.53. The van der Waals surface area contributed by atoms with Gasteiger partial charge in [0, 0.05) is 5.69 Å². The van der Waals surface area contributed by atoms with Gasteiger partial charge >= 0.3 is 5.97 Å². The second-order valence-corrected chi connectivity index (χ2v) is 2.57. The smallest absolute Gasteiger partial charge is 0.325 e. The predicted molar refractivity (Wildman–Crippen MR) is 53.9 cm³/mol. The summed E-state index contributed by atoms with van der Waals surface area (Å²) >= 11 is 0. The summed E-state index contributed by atoms with van der Waals surface area (Å²) in [6, 6.07) is 8.72. The average Bonchev–Trinajstić information content (AvgIpc) is 2.06. The second-order valence-electron chi connectivity index (χ2n) is 2.57. The summed E-state index contributed by atoms with van der Waals surface area (Å²) in [5, 5.41) is 11.4. The highest BCUT2D eigenvalue weighted by Gasteiger charge is 2.08. The molecule has 1 aromatic carbocycles. The second kappa shape index (κ2) is 5.19. The Balaban J connectivity index is 0.00000144. The van der Waals surface area contributed by atoms with Crippen LogP contribution >= 0.6 is 0 Å². The van der Waals surface area contributed by atoms with Crippen LogP contribution in [0.1, 0.15) is 14.4 Å². The summed E-state index contributed by atoms with van der Waals surface area (Å²) in [7, 11) is 0. The van der Waals surface area contributed by atoms with Crippen LogP contribution in [0, 0.1) is 0 Å². The molecule has 0 radical (unpaired) electrons. The summed E-state index contributed by atoms with van der Waals surface area (Å²) in [4.78, 5) is 10.4. The van der Waals surface area contributed by atoms with Gasteiger partial charge in [-0.05, 0) is 19.1 Å². The Morgan fingerprint density at radius 3 is 2.38 bits per heavy atom. The van der Waals surface area contributed by atoms with Gasteiger partial charge in [-0.25, -0.2) is 0 Å². The number of hydrogen-bond acceptors (Lipinski definition) is 2. The molecule has 2 N–H and O–H groups in total. The molecule has 0 aromatic heterocycles. The third kappa shape index (κ3) is 3.60. The molecule has 72 valence electrons. The zero-order valence-corrected chi connectivity index (χ0v) is 6.82. The van der Waals surface area contributed by atoms with Gasteiger partial charge in [0.15, 0.2) is 0 Å². The number of anilines is 1. The van der Waals surface area contributed by atoms with Crippen LogP contribution < -0.4 is 5.32 Å². The molecule has 1 rings (SSSR count). The van der Waals surface area contributed by atoms with E-state index in [1.54, 1.807) is 6.92 Å². The minimum atomic E-state index is -0.848. The minimum Gasteiger partial charge on any atom is -0.480 e. The van der Waals surface area contributed by atoms with E-state index in [1.807, 2.05) is 30.3 Å². The molecule has 13 heavy (non-hydrogen) atoms. The van der Waals surface area contributed by atoms with E-state index < -0.39 is 12.0 Å². The quantitative estimate of drug-likeness (QED) is 0.751. The topological polar surface area (TPSA) is 49.3 Å². The molecule has 1 aromatic rings. The van der Waals surface area contributed by atoms with Crippen molar-refractivity contribution in [1.29, 1.82) is 0 Å². The van der Waals surface area contributed by atoms with Gasteiger partial charge in [0.25, 0.3) is 0 Å². The fraction of sp³-hybridized carbons (Fsp3) is 0.300. The van der Waals surface area contributed by atoms with Crippen molar-refractivity contribution in [2.75, 3.05) is 5.32 Å². The van der Waals surface area contributed by atoms with Gasteiger partial charge < -0.3 is 10.4 Å². The number of carboxylic acids is 1. The Bertz CT molecular complexity index is 259. The number of benzene rings is 1. The first kappa shape index (κ1) is 11.5. The summed E-state index contributed by atoms with van der Waals surface area (Å²) in [5.41, 5.74) is 0.826. The summed E-state index contributed by atoms with van der Waals surface area (Å²) in [6.07, 6.45) is 0. The highest BCUT2D eigenvalue weighted by molar-refractivity contribution is 5.76. The standard InChI is InChI=1S/C9H11NO2.CH4/c1-7(9(11)12)10-8-5-3-2-4-6-8;/h2-7,10H,1H3,(H,11,12);1H4. The molecular formula is C10H15NO2. The molecule has 1 unspecified atom stereocenters. The van der Waals surface area contributed by atoms with E-state index in [9.17, 15) is 4.79 Å². The number of carboxylic acid groups (broad SMARTS) is 1. The first-order chi connectivity index (χ1) is 5.70. The van der Waals surface area contributed by atoms with E-state index in [1.165, 1.54) is 0 Å². The van der Waals surface area contributed by atoms with E-state index in [4.69, 9.17) is 5.11 Å². The van der Waals surface area contributed by atoms with Gasteiger partial charge in [-0.1, -0.05) is 25.6 Å². The maximum Gasteiger partial charge on any atom is 0.325 e. The number of hydrogen-bond donors (Lipinski definition) is 2. The van der Waals surface area contributed by atoms with Gasteiger partial charge in [0.1, 0.15) is 6.04 Å². The van der Waals surface area contributed by atoms with Crippen molar-refractivity contribution >= 4 is 11.7 Å². The molecular weight excluding hydrogens is 166 g/mol. The maximum atomic E-state index is 10.4. The molecule has 0 aliphatic rings. The van der Waals surface area contributed by atoms with Crippen LogP contribution in [0.5, 0.6) is 0 Å². The summed E-state index contributed by atoms with van der Waals surface area (Å²) in [5.74, 6) is -0.848. The van der Waals surface area contributed by atoms with Crippen LogP contribution in [0.2, 0.25) is 0 Å². The number of carbonyl (C=O) groups is 1. The normalized spacial score (nSPS) is 11.2. The molecule has 0 bridgehead atoms. The largest absolute Gasteiger partial charge is 0.480 e. The summed E-state index contributed by atoms with van der Waals surface area (Å²) in [6.45, 7) is 1.61. The molecule has 0 spiro atoms. The Morgan fingerprint density at radius 2 is 1.92 bits per heavy atom. The highest BCUT2D eigenvalue weighted by Crippen LogP contribution is 2.06. The fourth-order valence-electron chi connectivity index (χ4n) is 0.846. The maximum absolute atomic E-state index is 10.4. The van der Waals surface area contributed by atoms with Crippen LogP contribution in [-0.4, -0.2) is 17.1 Å². The van der Waals surface area contributed by atoms with E-state index in [2.05, 4.69) is 5.32 Å². The number of nitrogens with one attached hydrogen (secondary N) is 1. The molecule has 3 nitrogen and oxygen atoms in total. The molecule has 0 aliphatic heterocycles. The van der Waals surface area contributed by atoms with E-state index >= 15 is 0 Å². The average molecular weight is 181 g/mol. The van der Waals surface area contributed by atoms with Crippen molar-refractivity contribution in [3.63, 3.8) is 0 Å². The first-order valence-corrected chi connectivity index (χ1v) is 3.74. The van der Waals surface area contributed by atoms with Gasteiger partial charge in [0.2, 0.25) is 0 Å². The van der Waals surface area contributed by atoms with E-state index in [0.717, 1.165) is 5.69 Å². The number of rotatable bonds is 3. The third-order valence-corrected chi connectivity index (χ3v) is 1.53. The van der Waals surface area contributed by atoms with E-state index in [0.29, 0.717) is 0 Å². The molecule has 0 heterocycles. The molecule has 0 saturated carbocycles. The summed E-state index contributed by atoms with van der Waals surface area (Å²) < 4.78 is 0. The Hall–Kier alpha value is -1.51. The van der Waals surface area contributed by atoms with Gasteiger partial charge in [0.05, 0.1) is 0 Å². The fourth-order valence-corrected chi connectivity index (χ4v) is 0.846. The van der Waals surface area contributed by atoms with Crippen molar-refractivity contribution in [2.45, 2.75) is 20.4 Å². The molecule has 3 heteroatoms. The van der Waals surface area contributed by atoms with Crippen LogP contribution in [0.25, 0.3) is 0 Å². The van der Waals surface area contributed by atoms with Gasteiger partial charge in [-0.3, -0.25) is 4.79 Å². The monoisotopic (exact) mass is 181 g/mol. The lowest BCUT2D eigenvalue weighted by molar-refractivity contribution is -0.137. The molecule has 0 fully saturated rings. The number of aliphatic carboxylic acids is 1. The van der Waals surface area contributed by atoms with Crippen LogP contribution in [0.4, 0.5) is 5.69 Å². The van der Waals surface area contributed by atoms with Crippen LogP contribution in [0.15, 0.2) is 30.3 Å². The molecule has 0 aliphatic carbocycles. The SMILES string of the molecule is C.CC(Nc1ccccc1)C(=O)O. The van der Waals surface area contributed by atoms with Gasteiger partial charge in [-0.15, -0.1) is 0 Å². The van der Waals surface area contributed by atoms with Crippen molar-refractivity contribution in [1.82, 2.24) is 0 Å². The van der Waals surface area contributed by atoms with Crippen molar-refractivity contribution < 1.29 is 9.90 Å². The lowest BCUT2D eigenvalue weighted by Gasteiger charge is -2.09. The highest BCUT2D eigenvalue weighted by atomic mass is 16.4. The zero-order chi connectivity index (χ0) is 8.97. The Kier molecular flexibility index (Phi) is 4.59. The van der Waals surface area contributed by atoms with Crippen LogP contribution in [0.3, 0.4) is 0 Å². The molecule has 0 amide bonds. The Labute approximate surface area is 78.4 Å². The predicted octanol–water partition coefficient (Wildman–Crippen LogP) is 2.21. The molecule has 0 saturated heterocycles. The molecule has 1 atom stereocenters. The zero-order valence-electron chi connectivity index (χ0n) is 6.82.